The Kier molecular flexibility index (Phi) is 18.3. The summed E-state index contributed by atoms with van der Waals surface area (Å²) in [5.74, 6) is -3.54. The van der Waals surface area contributed by atoms with Crippen molar-refractivity contribution in [2.45, 2.75) is 104 Å². The van der Waals surface area contributed by atoms with Crippen LogP contribution in [0, 0.1) is 13.8 Å². The van der Waals surface area contributed by atoms with Gasteiger partial charge in [0.1, 0.15) is 70.2 Å². The second-order valence-electron chi connectivity index (χ2n) is 20.1. The number of primary amides is 2. The van der Waals surface area contributed by atoms with Crippen LogP contribution in [0.2, 0.25) is 0 Å². The van der Waals surface area contributed by atoms with Gasteiger partial charge < -0.3 is 75.9 Å². The van der Waals surface area contributed by atoms with Crippen LogP contribution in [0.3, 0.4) is 0 Å². The summed E-state index contributed by atoms with van der Waals surface area (Å²) in [5.41, 5.74) is 22.3. The van der Waals surface area contributed by atoms with Crippen molar-refractivity contribution < 1.29 is 68.1 Å². The number of nitrogens with zero attached hydrogens (tertiary/aromatic N) is 11. The molecule has 1 aliphatic rings. The summed E-state index contributed by atoms with van der Waals surface area (Å²) in [6.07, 6.45) is -4.76. The molecule has 86 heavy (non-hydrogen) atoms. The number of nitrogens with one attached hydrogen (secondary N) is 2. The lowest BCUT2D eigenvalue weighted by Gasteiger charge is -2.38. The molecule has 0 unspecified atom stereocenters. The molecule has 7 heterocycles. The van der Waals surface area contributed by atoms with Crippen LogP contribution >= 0.6 is 0 Å². The minimum absolute atomic E-state index is 0.00251. The second-order valence-corrected chi connectivity index (χ2v) is 20.1. The highest BCUT2D eigenvalue weighted by Gasteiger charge is 2.48. The van der Waals surface area contributed by atoms with Crippen molar-refractivity contribution in [3.8, 4) is 23.0 Å². The quantitative estimate of drug-likeness (QED) is 0.0310. The number of ether oxygens (including phenoxy) is 4. The first-order chi connectivity index (χ1) is 41.2. The summed E-state index contributed by atoms with van der Waals surface area (Å²) in [4.78, 5) is 97.1. The number of carboxylic acid groups (broad SMARTS) is 1. The zero-order valence-electron chi connectivity index (χ0n) is 47.4. The van der Waals surface area contributed by atoms with Gasteiger partial charge in [0, 0.05) is 64.5 Å². The SMILES string of the molecule is CCn1nc(C)cc1C(=O)Nc1nc2cc(C(N)=O)cc(OCCCN(C)C(=O)OCc3ccc(O[C@@H]4O[C@H](C(=O)O)[C@@H](O)[C@H](O)[C@H]4O)c(NC(=O)CCN)c3)c2n1C/C=C/Cn1c2ccc(C(N)=O)nc2c2cnc(-c3cc(C)nn3CC)nc21. The molecule has 30 heteroatoms. The molecular formula is C56H64N16O14. The van der Waals surface area contributed by atoms with E-state index in [1.165, 1.54) is 48.3 Å². The van der Waals surface area contributed by atoms with E-state index in [9.17, 15) is 49.2 Å². The second kappa shape index (κ2) is 25.9. The van der Waals surface area contributed by atoms with Crippen molar-refractivity contribution in [1.82, 2.24) is 53.5 Å². The number of pyridine rings is 1. The predicted octanol–water partition coefficient (Wildman–Crippen LogP) is 2.35. The molecule has 5 amide bonds. The maximum absolute atomic E-state index is 14.0. The summed E-state index contributed by atoms with van der Waals surface area (Å²) in [5, 5.41) is 55.6. The van der Waals surface area contributed by atoms with Crippen LogP contribution in [-0.2, 0) is 51.8 Å². The number of allylic oxidation sites excluding steroid dienone is 2. The Morgan fingerprint density at radius 2 is 1.56 bits per heavy atom. The lowest BCUT2D eigenvalue weighted by molar-refractivity contribution is -0.271. The highest BCUT2D eigenvalue weighted by atomic mass is 16.7. The average molecular weight is 1190 g/mol. The normalized spacial score (nSPS) is 16.9. The highest BCUT2D eigenvalue weighted by Crippen LogP contribution is 2.34. The number of imidazole rings is 1. The number of hydrogen-bond donors (Lipinski definition) is 9. The number of carbonyl (C=O) groups is 6. The Morgan fingerprint density at radius 1 is 0.826 bits per heavy atom. The van der Waals surface area contributed by atoms with E-state index in [1.54, 1.807) is 39.2 Å². The van der Waals surface area contributed by atoms with Crippen molar-refractivity contribution in [2.24, 2.45) is 17.2 Å². The van der Waals surface area contributed by atoms with Gasteiger partial charge in [-0.05, 0) is 88.2 Å². The number of anilines is 2. The summed E-state index contributed by atoms with van der Waals surface area (Å²) < 4.78 is 29.9. The van der Waals surface area contributed by atoms with Gasteiger partial charge in [0.05, 0.1) is 40.1 Å². The van der Waals surface area contributed by atoms with E-state index in [2.05, 4.69) is 30.8 Å². The third-order valence-corrected chi connectivity index (χ3v) is 13.9. The maximum Gasteiger partial charge on any atom is 0.409 e. The summed E-state index contributed by atoms with van der Waals surface area (Å²) in [6.45, 7) is 8.58. The Morgan fingerprint density at radius 3 is 2.27 bits per heavy atom. The van der Waals surface area contributed by atoms with Crippen molar-refractivity contribution in [2.75, 3.05) is 37.4 Å². The number of aromatic nitrogens is 10. The van der Waals surface area contributed by atoms with Crippen molar-refractivity contribution in [3.05, 3.63) is 107 Å². The number of aliphatic carboxylic acids is 1. The van der Waals surface area contributed by atoms with Gasteiger partial charge in [0.25, 0.3) is 11.8 Å². The van der Waals surface area contributed by atoms with E-state index >= 15 is 0 Å². The van der Waals surface area contributed by atoms with Crippen molar-refractivity contribution >= 4 is 80.4 Å². The third-order valence-electron chi connectivity index (χ3n) is 13.9. The van der Waals surface area contributed by atoms with Crippen LogP contribution in [0.4, 0.5) is 16.4 Å². The standard InChI is InChI=1S/C56H64N16O14/c1-6-71-37(21-28(3)66-71)50-60-26-32-42-36(13-12-33(62-42)49(59)78)69(51(32)64-50)18-8-9-19-70-43-35(63-55(70)65-52(79)38-22-29(4)67-72(38)7-2)24-31(48(58)77)25-40(43)83-20-10-17-68(5)56(82)84-27-30-11-14-39(34(23-30)61-41(73)15-16-57)85-54-46(76)44(74)45(75)47(86-54)53(80)81/h8-9,11-14,21-26,44-47,54,74-76H,6-7,10,15-20,27,57H2,1-5H3,(H2,58,77)(H2,59,78)(H,61,73)(H,80,81)(H,63,65,79)/b9-8+/t44-,45-,46+,47-,54+/m0/s1. The minimum Gasteiger partial charge on any atom is -0.491 e. The molecule has 6 aromatic heterocycles. The number of aliphatic hydroxyl groups excluding tert-OH is 3. The van der Waals surface area contributed by atoms with Gasteiger partial charge in [-0.2, -0.15) is 10.2 Å². The number of benzene rings is 2. The van der Waals surface area contributed by atoms with Crippen LogP contribution in [-0.4, -0.2) is 167 Å². The molecule has 1 aliphatic heterocycles. The van der Waals surface area contributed by atoms with Crippen LogP contribution in [0.15, 0.2) is 72.9 Å². The van der Waals surface area contributed by atoms with Crippen molar-refractivity contribution in [3.63, 3.8) is 0 Å². The monoisotopic (exact) mass is 1180 g/mol. The van der Waals surface area contributed by atoms with E-state index in [1.807, 2.05) is 43.6 Å². The molecule has 2 aromatic carbocycles. The van der Waals surface area contributed by atoms with Gasteiger partial charge in [-0.15, -0.1) is 0 Å². The van der Waals surface area contributed by atoms with Crippen molar-refractivity contribution in [1.29, 1.82) is 0 Å². The van der Waals surface area contributed by atoms with Gasteiger partial charge in [0.2, 0.25) is 24.1 Å². The van der Waals surface area contributed by atoms with Gasteiger partial charge in [0.15, 0.2) is 11.9 Å². The highest BCUT2D eigenvalue weighted by molar-refractivity contribution is 6.06. The third kappa shape index (κ3) is 12.9. The lowest BCUT2D eigenvalue weighted by atomic mass is 9.99. The molecule has 30 nitrogen and oxygen atoms in total. The topological polar surface area (TPSA) is 423 Å². The summed E-state index contributed by atoms with van der Waals surface area (Å²) >= 11 is 0. The number of aryl methyl sites for hydroxylation is 4. The van der Waals surface area contributed by atoms with Gasteiger partial charge >= 0.3 is 12.1 Å². The molecule has 452 valence electrons. The van der Waals surface area contributed by atoms with Gasteiger partial charge in [-0.25, -0.2) is 29.5 Å². The molecule has 1 fully saturated rings. The Labute approximate surface area is 489 Å². The number of carboxylic acids is 1. The number of fused-ring (bicyclic) bond motifs is 4. The molecule has 8 aromatic rings. The predicted molar refractivity (Wildman–Crippen MR) is 308 cm³/mol. The van der Waals surface area contributed by atoms with Crippen LogP contribution < -0.4 is 37.3 Å². The molecule has 0 bridgehead atoms. The number of aliphatic hydroxyl groups is 3. The van der Waals surface area contributed by atoms with E-state index < -0.39 is 66.4 Å². The van der Waals surface area contributed by atoms with E-state index in [0.717, 1.165) is 5.69 Å². The number of rotatable bonds is 24. The first-order valence-electron chi connectivity index (χ1n) is 27.3. The minimum atomic E-state index is -1.96. The summed E-state index contributed by atoms with van der Waals surface area (Å²) in [6, 6.07) is 14.0. The molecule has 9 rings (SSSR count). The smallest absolute Gasteiger partial charge is 0.409 e. The zero-order chi connectivity index (χ0) is 61.7. The van der Waals surface area contributed by atoms with E-state index in [0.29, 0.717) is 63.4 Å². The summed E-state index contributed by atoms with van der Waals surface area (Å²) in [7, 11) is 1.50. The number of nitrogens with two attached hydrogens (primary N) is 3. The zero-order valence-corrected chi connectivity index (χ0v) is 47.4. The van der Waals surface area contributed by atoms with Gasteiger partial charge in [-0.3, -0.25) is 33.9 Å². The fourth-order valence-corrected chi connectivity index (χ4v) is 9.71. The maximum atomic E-state index is 14.0. The Hall–Kier alpha value is -9.88. The lowest BCUT2D eigenvalue weighted by Crippen LogP contribution is -2.61. The molecule has 0 radical (unpaired) electrons. The van der Waals surface area contributed by atoms with Crippen LogP contribution in [0.5, 0.6) is 11.5 Å². The fraction of sp³-hybridized carbons (Fsp3) is 0.357. The molecular weight excluding hydrogens is 1120 g/mol. The Bertz CT molecular complexity index is 3940. The molecule has 0 spiro atoms. The number of carbonyl (C=O) groups excluding carboxylic acids is 5. The van der Waals surface area contributed by atoms with Crippen LogP contribution in [0.1, 0.15) is 75.0 Å². The average Bonchev–Trinajstić information content (AvgIpc) is 1.82. The van der Waals surface area contributed by atoms with E-state index in [4.69, 9.17) is 46.1 Å². The molecule has 12 N–H and O–H groups in total. The molecule has 1 saturated heterocycles. The first-order valence-corrected chi connectivity index (χ1v) is 27.3. The largest absolute Gasteiger partial charge is 0.491 e. The fourth-order valence-electron chi connectivity index (χ4n) is 9.71. The van der Waals surface area contributed by atoms with E-state index in [-0.39, 0.29) is 97.8 Å². The number of hydrogen-bond acceptors (Lipinski definition) is 20. The van der Waals surface area contributed by atoms with Gasteiger partial charge in [-0.1, -0.05) is 18.2 Å². The molecule has 5 atom stereocenters. The molecule has 0 saturated carbocycles. The Balaban J connectivity index is 0.942. The number of amides is 5. The first kappa shape index (κ1) is 60.7. The van der Waals surface area contributed by atoms with Crippen LogP contribution in [0.25, 0.3) is 44.6 Å². The molecule has 0 aliphatic carbocycles.